The van der Waals surface area contributed by atoms with Crippen LogP contribution in [0.1, 0.15) is 12.5 Å². The molecule has 1 N–H and O–H groups in total. The van der Waals surface area contributed by atoms with Gasteiger partial charge in [0, 0.05) is 13.7 Å². The van der Waals surface area contributed by atoms with Crippen LogP contribution in [0.3, 0.4) is 0 Å². The van der Waals surface area contributed by atoms with Gasteiger partial charge in [-0.05, 0) is 24.1 Å². The van der Waals surface area contributed by atoms with Crippen molar-refractivity contribution in [3.63, 3.8) is 0 Å². The first-order valence-corrected chi connectivity index (χ1v) is 5.82. The Morgan fingerprint density at radius 3 is 2.56 bits per heavy atom. The molecular formula is C12H15ClF3NO. The molecule has 102 valence electrons. The van der Waals surface area contributed by atoms with Crippen LogP contribution in [-0.4, -0.2) is 20.3 Å². The van der Waals surface area contributed by atoms with E-state index in [0.29, 0.717) is 18.8 Å². The molecule has 1 rings (SSSR count). The number of halogens is 4. The number of nitrogens with one attached hydrogen (secondary N) is 1. The molecule has 2 nitrogen and oxygen atoms in total. The van der Waals surface area contributed by atoms with Gasteiger partial charge >= 0.3 is 6.18 Å². The summed E-state index contributed by atoms with van der Waals surface area (Å²) in [5, 5.41) is 3.06. The van der Waals surface area contributed by atoms with Crippen molar-refractivity contribution in [2.45, 2.75) is 13.1 Å². The Kier molecular flexibility index (Phi) is 5.28. The van der Waals surface area contributed by atoms with Gasteiger partial charge in [-0.2, -0.15) is 13.2 Å². The van der Waals surface area contributed by atoms with Gasteiger partial charge in [0.15, 0.2) is 0 Å². The molecule has 0 radical (unpaired) electrons. The summed E-state index contributed by atoms with van der Waals surface area (Å²) in [6.45, 7) is 3.12. The van der Waals surface area contributed by atoms with Crippen LogP contribution in [0, 0.1) is 5.92 Å². The van der Waals surface area contributed by atoms with Crippen LogP contribution in [0.4, 0.5) is 18.9 Å². The molecule has 0 heterocycles. The highest BCUT2D eigenvalue weighted by Gasteiger charge is 2.30. The average molecular weight is 282 g/mol. The minimum absolute atomic E-state index is 0.0643. The van der Waals surface area contributed by atoms with Crippen LogP contribution in [0.15, 0.2) is 18.2 Å². The molecule has 0 fully saturated rings. The van der Waals surface area contributed by atoms with Crippen molar-refractivity contribution in [1.29, 1.82) is 0 Å². The number of methoxy groups -OCH3 is 1. The third kappa shape index (κ3) is 4.38. The van der Waals surface area contributed by atoms with Crippen molar-refractivity contribution < 1.29 is 17.9 Å². The van der Waals surface area contributed by atoms with Gasteiger partial charge in [-0.1, -0.05) is 18.5 Å². The molecule has 1 aromatic carbocycles. The van der Waals surface area contributed by atoms with Crippen molar-refractivity contribution in [3.8, 4) is 0 Å². The van der Waals surface area contributed by atoms with Crippen molar-refractivity contribution in [3.05, 3.63) is 28.8 Å². The molecule has 0 aliphatic heterocycles. The molecule has 0 saturated carbocycles. The maximum atomic E-state index is 12.4. The molecule has 1 atom stereocenters. The minimum atomic E-state index is -4.37. The lowest BCUT2D eigenvalue weighted by Gasteiger charge is -2.15. The number of benzene rings is 1. The first kappa shape index (κ1) is 15.1. The van der Waals surface area contributed by atoms with Crippen molar-refractivity contribution in [1.82, 2.24) is 0 Å². The number of hydrogen-bond acceptors (Lipinski definition) is 2. The first-order valence-electron chi connectivity index (χ1n) is 5.44. The zero-order valence-corrected chi connectivity index (χ0v) is 10.9. The third-order valence-corrected chi connectivity index (χ3v) is 2.70. The van der Waals surface area contributed by atoms with E-state index in [-0.39, 0.29) is 10.9 Å². The van der Waals surface area contributed by atoms with E-state index in [4.69, 9.17) is 16.3 Å². The summed E-state index contributed by atoms with van der Waals surface area (Å²) in [6.07, 6.45) is -4.37. The van der Waals surface area contributed by atoms with E-state index < -0.39 is 11.7 Å². The predicted octanol–water partition coefficient (Wildman–Crippen LogP) is 4.05. The van der Waals surface area contributed by atoms with Crippen molar-refractivity contribution in [2.24, 2.45) is 5.92 Å². The normalized spacial score (nSPS) is 13.4. The second-order valence-electron chi connectivity index (χ2n) is 4.13. The quantitative estimate of drug-likeness (QED) is 0.879. The van der Waals surface area contributed by atoms with Gasteiger partial charge in [0.1, 0.15) is 0 Å². The van der Waals surface area contributed by atoms with Crippen LogP contribution in [0.5, 0.6) is 0 Å². The molecule has 0 aliphatic rings. The van der Waals surface area contributed by atoms with Gasteiger partial charge in [-0.3, -0.25) is 0 Å². The van der Waals surface area contributed by atoms with Crippen molar-refractivity contribution >= 4 is 17.3 Å². The number of rotatable bonds is 5. The van der Waals surface area contributed by atoms with Crippen LogP contribution in [0.2, 0.25) is 5.02 Å². The van der Waals surface area contributed by atoms with Gasteiger partial charge in [0.05, 0.1) is 22.9 Å². The topological polar surface area (TPSA) is 21.3 Å². The summed E-state index contributed by atoms with van der Waals surface area (Å²) in [4.78, 5) is 0. The average Bonchev–Trinajstić information content (AvgIpc) is 2.26. The molecule has 0 bridgehead atoms. The maximum Gasteiger partial charge on any atom is 0.416 e. The molecule has 1 aromatic rings. The van der Waals surface area contributed by atoms with E-state index in [1.165, 1.54) is 6.07 Å². The van der Waals surface area contributed by atoms with Crippen molar-refractivity contribution in [2.75, 3.05) is 25.6 Å². The highest BCUT2D eigenvalue weighted by atomic mass is 35.5. The lowest BCUT2D eigenvalue weighted by Crippen LogP contribution is -2.16. The fourth-order valence-electron chi connectivity index (χ4n) is 1.46. The van der Waals surface area contributed by atoms with Gasteiger partial charge in [-0.25, -0.2) is 0 Å². The predicted molar refractivity (Wildman–Crippen MR) is 66.0 cm³/mol. The highest BCUT2D eigenvalue weighted by molar-refractivity contribution is 6.33. The number of ether oxygens (including phenoxy) is 1. The zero-order valence-electron chi connectivity index (χ0n) is 10.1. The fraction of sp³-hybridized carbons (Fsp3) is 0.500. The molecule has 18 heavy (non-hydrogen) atoms. The van der Waals surface area contributed by atoms with Gasteiger partial charge in [0.2, 0.25) is 0 Å². The van der Waals surface area contributed by atoms with Crippen LogP contribution in [0.25, 0.3) is 0 Å². The lowest BCUT2D eigenvalue weighted by molar-refractivity contribution is -0.137. The van der Waals surface area contributed by atoms with E-state index in [9.17, 15) is 13.2 Å². The number of anilines is 1. The Hall–Kier alpha value is -0.940. The van der Waals surface area contributed by atoms with E-state index in [1.807, 2.05) is 6.92 Å². The van der Waals surface area contributed by atoms with Crippen LogP contribution >= 0.6 is 11.6 Å². The molecule has 0 amide bonds. The largest absolute Gasteiger partial charge is 0.416 e. The summed E-state index contributed by atoms with van der Waals surface area (Å²) in [7, 11) is 1.60. The molecule has 0 saturated heterocycles. The first-order chi connectivity index (χ1) is 8.34. The fourth-order valence-corrected chi connectivity index (χ4v) is 1.71. The summed E-state index contributed by atoms with van der Waals surface area (Å²) in [5.41, 5.74) is -0.254. The van der Waals surface area contributed by atoms with E-state index >= 15 is 0 Å². The van der Waals surface area contributed by atoms with Gasteiger partial charge in [-0.15, -0.1) is 0 Å². The van der Waals surface area contributed by atoms with Gasteiger partial charge < -0.3 is 10.1 Å². The second kappa shape index (κ2) is 6.29. The number of alkyl halides is 3. The Balaban J connectivity index is 2.69. The Morgan fingerprint density at radius 1 is 1.39 bits per heavy atom. The maximum absolute atomic E-state index is 12.4. The Labute approximate surface area is 109 Å². The van der Waals surface area contributed by atoms with E-state index in [2.05, 4.69) is 5.32 Å². The van der Waals surface area contributed by atoms with E-state index in [1.54, 1.807) is 7.11 Å². The Bertz CT molecular complexity index is 395. The Morgan fingerprint density at radius 2 is 2.06 bits per heavy atom. The van der Waals surface area contributed by atoms with Crippen LogP contribution in [-0.2, 0) is 10.9 Å². The van der Waals surface area contributed by atoms with Gasteiger partial charge in [0.25, 0.3) is 0 Å². The highest BCUT2D eigenvalue weighted by Crippen LogP contribution is 2.33. The smallest absolute Gasteiger partial charge is 0.384 e. The molecule has 6 heteroatoms. The third-order valence-electron chi connectivity index (χ3n) is 2.39. The molecule has 0 aliphatic carbocycles. The summed E-state index contributed by atoms with van der Waals surface area (Å²) >= 11 is 5.80. The standard InChI is InChI=1S/C12H15ClF3NO/c1-8(7-18-2)6-17-11-4-3-9(5-10(11)13)12(14,15)16/h3-5,8,17H,6-7H2,1-2H3. The molecule has 0 spiro atoms. The number of hydrogen-bond donors (Lipinski definition) is 1. The zero-order chi connectivity index (χ0) is 13.8. The molecule has 0 aromatic heterocycles. The van der Waals surface area contributed by atoms with E-state index in [0.717, 1.165) is 12.1 Å². The second-order valence-corrected chi connectivity index (χ2v) is 4.54. The molecular weight excluding hydrogens is 267 g/mol. The summed E-state index contributed by atoms with van der Waals surface area (Å²) in [6, 6.07) is 3.27. The minimum Gasteiger partial charge on any atom is -0.384 e. The van der Waals surface area contributed by atoms with Crippen LogP contribution < -0.4 is 5.32 Å². The lowest BCUT2D eigenvalue weighted by atomic mass is 10.1. The molecule has 1 unspecified atom stereocenters. The summed E-state index contributed by atoms with van der Waals surface area (Å²) < 4.78 is 42.2. The monoisotopic (exact) mass is 281 g/mol. The SMILES string of the molecule is COCC(C)CNc1ccc(C(F)(F)F)cc1Cl. The summed E-state index contributed by atoms with van der Waals surface area (Å²) in [5.74, 6) is 0.244.